The number of halogens is 3. The number of unbranched alkanes of at least 4 members (excludes halogenated alkanes) is 1. The minimum absolute atomic E-state index is 0.00785. The van der Waals surface area contributed by atoms with Gasteiger partial charge >= 0.3 is 0 Å². The van der Waals surface area contributed by atoms with Crippen LogP contribution in [0.25, 0.3) is 0 Å². The Morgan fingerprint density at radius 3 is 2.57 bits per heavy atom. The van der Waals surface area contributed by atoms with E-state index in [1.807, 2.05) is 0 Å². The smallest absolute Gasteiger partial charge is 0.127 e. The minimum Gasteiger partial charge on any atom is -0.207 e. The third-order valence-electron chi connectivity index (χ3n) is 4.83. The summed E-state index contributed by atoms with van der Waals surface area (Å²) in [4.78, 5) is 0. The molecule has 2 rings (SSSR count). The van der Waals surface area contributed by atoms with Gasteiger partial charge in [0, 0.05) is 16.0 Å². The van der Waals surface area contributed by atoms with Crippen LogP contribution >= 0.6 is 23.2 Å². The second-order valence-corrected chi connectivity index (χ2v) is 7.31. The van der Waals surface area contributed by atoms with E-state index >= 15 is 0 Å². The van der Waals surface area contributed by atoms with Crippen LogP contribution < -0.4 is 0 Å². The van der Waals surface area contributed by atoms with Crippen molar-refractivity contribution in [2.24, 2.45) is 11.8 Å². The third kappa shape index (κ3) is 4.86. The summed E-state index contributed by atoms with van der Waals surface area (Å²) in [5.74, 6) is 1.15. The number of alkyl halides is 1. The van der Waals surface area contributed by atoms with Gasteiger partial charge in [-0.1, -0.05) is 56.7 Å². The lowest BCUT2D eigenvalue weighted by atomic mass is 9.77. The molecule has 0 aliphatic heterocycles. The fourth-order valence-corrected chi connectivity index (χ4v) is 4.07. The molecule has 1 aromatic carbocycles. The van der Waals surface area contributed by atoms with Gasteiger partial charge in [-0.25, -0.2) is 4.39 Å². The minimum atomic E-state index is -0.232. The predicted octanol–water partition coefficient (Wildman–Crippen LogP) is 6.63. The van der Waals surface area contributed by atoms with Gasteiger partial charge in [0.2, 0.25) is 0 Å². The van der Waals surface area contributed by atoms with Crippen molar-refractivity contribution in [3.05, 3.63) is 34.6 Å². The van der Waals surface area contributed by atoms with E-state index in [4.69, 9.17) is 23.2 Å². The number of rotatable bonds is 6. The molecule has 0 bridgehead atoms. The Morgan fingerprint density at radius 2 is 1.95 bits per heavy atom. The second-order valence-electron chi connectivity index (χ2n) is 6.34. The Labute approximate surface area is 138 Å². The molecule has 1 aliphatic carbocycles. The lowest BCUT2D eigenvalue weighted by molar-refractivity contribution is 0.252. The van der Waals surface area contributed by atoms with Crippen LogP contribution in [-0.4, -0.2) is 5.38 Å². The van der Waals surface area contributed by atoms with Crippen LogP contribution in [0.4, 0.5) is 4.39 Å². The van der Waals surface area contributed by atoms with Crippen LogP contribution in [0, 0.1) is 17.7 Å². The van der Waals surface area contributed by atoms with Crippen LogP contribution in [0.2, 0.25) is 5.02 Å². The standard InChI is InChI=1S/C18H25Cl2F/c1-2-3-5-13-8-10-14(11-9-13)17(20)12-15-16(19)6-4-7-18(15)21/h4,6-7,13-14,17H,2-3,5,8-12H2,1H3. The van der Waals surface area contributed by atoms with Crippen molar-refractivity contribution in [3.63, 3.8) is 0 Å². The molecule has 1 aliphatic rings. The van der Waals surface area contributed by atoms with Gasteiger partial charge in [-0.05, 0) is 43.2 Å². The molecule has 3 heteroatoms. The highest BCUT2D eigenvalue weighted by molar-refractivity contribution is 6.31. The Balaban J connectivity index is 1.86. The molecule has 0 nitrogen and oxygen atoms in total. The van der Waals surface area contributed by atoms with E-state index in [9.17, 15) is 4.39 Å². The third-order valence-corrected chi connectivity index (χ3v) is 5.69. The van der Waals surface area contributed by atoms with Crippen LogP contribution in [0.15, 0.2) is 18.2 Å². The lowest BCUT2D eigenvalue weighted by Crippen LogP contribution is -2.24. The summed E-state index contributed by atoms with van der Waals surface area (Å²) in [6.45, 7) is 2.25. The van der Waals surface area contributed by atoms with Gasteiger partial charge in [-0.2, -0.15) is 0 Å². The average Bonchev–Trinajstić information content (AvgIpc) is 2.49. The van der Waals surface area contributed by atoms with E-state index in [-0.39, 0.29) is 11.2 Å². The molecule has 0 N–H and O–H groups in total. The molecule has 0 spiro atoms. The summed E-state index contributed by atoms with van der Waals surface area (Å²) in [6.07, 6.45) is 9.42. The quantitative estimate of drug-likeness (QED) is 0.513. The maximum atomic E-state index is 13.8. The van der Waals surface area contributed by atoms with Crippen LogP contribution in [0.1, 0.15) is 57.4 Å². The first-order valence-electron chi connectivity index (χ1n) is 8.18. The molecule has 1 fully saturated rings. The average molecular weight is 331 g/mol. The molecule has 1 atom stereocenters. The van der Waals surface area contributed by atoms with Crippen molar-refractivity contribution >= 4 is 23.2 Å². The normalized spacial score (nSPS) is 24.0. The van der Waals surface area contributed by atoms with Crippen LogP contribution in [-0.2, 0) is 6.42 Å². The van der Waals surface area contributed by atoms with Crippen molar-refractivity contribution in [2.45, 2.75) is 63.7 Å². The topological polar surface area (TPSA) is 0 Å². The summed E-state index contributed by atoms with van der Waals surface area (Å²) < 4.78 is 13.8. The Kier molecular flexibility index (Phi) is 6.82. The highest BCUT2D eigenvalue weighted by atomic mass is 35.5. The number of hydrogen-bond acceptors (Lipinski definition) is 0. The molecule has 1 unspecified atom stereocenters. The first-order chi connectivity index (χ1) is 10.1. The van der Waals surface area contributed by atoms with Crippen molar-refractivity contribution in [2.75, 3.05) is 0 Å². The highest BCUT2D eigenvalue weighted by Gasteiger charge is 2.27. The number of benzene rings is 1. The highest BCUT2D eigenvalue weighted by Crippen LogP contribution is 2.37. The van der Waals surface area contributed by atoms with Gasteiger partial charge < -0.3 is 0 Å². The molecule has 1 saturated carbocycles. The van der Waals surface area contributed by atoms with Gasteiger partial charge in [0.1, 0.15) is 5.82 Å². The van der Waals surface area contributed by atoms with E-state index in [0.29, 0.717) is 22.9 Å². The maximum absolute atomic E-state index is 13.8. The summed E-state index contributed by atoms with van der Waals surface area (Å²) in [6, 6.07) is 4.85. The molecule has 0 saturated heterocycles. The zero-order valence-electron chi connectivity index (χ0n) is 12.8. The van der Waals surface area contributed by atoms with Gasteiger partial charge in [-0.3, -0.25) is 0 Å². The van der Waals surface area contributed by atoms with Crippen molar-refractivity contribution in [1.82, 2.24) is 0 Å². The van der Waals surface area contributed by atoms with Gasteiger partial charge in [-0.15, -0.1) is 11.6 Å². The van der Waals surface area contributed by atoms with Gasteiger partial charge in [0.25, 0.3) is 0 Å². The molecule has 0 radical (unpaired) electrons. The zero-order chi connectivity index (χ0) is 15.2. The fraction of sp³-hybridized carbons (Fsp3) is 0.667. The van der Waals surface area contributed by atoms with E-state index in [0.717, 1.165) is 5.92 Å². The SMILES string of the molecule is CCCCC1CCC(C(Cl)Cc2c(F)cccc2Cl)CC1. The fourth-order valence-electron chi connectivity index (χ4n) is 3.42. The van der Waals surface area contributed by atoms with E-state index in [1.54, 1.807) is 12.1 Å². The van der Waals surface area contributed by atoms with Crippen LogP contribution in [0.3, 0.4) is 0 Å². The summed E-state index contributed by atoms with van der Waals surface area (Å²) in [5, 5.41) is 0.490. The zero-order valence-corrected chi connectivity index (χ0v) is 14.3. The van der Waals surface area contributed by atoms with Gasteiger partial charge in [0.15, 0.2) is 0 Å². The molecule has 0 aromatic heterocycles. The van der Waals surface area contributed by atoms with Crippen molar-refractivity contribution in [1.29, 1.82) is 0 Å². The Bertz CT molecular complexity index is 419. The van der Waals surface area contributed by atoms with Crippen molar-refractivity contribution in [3.8, 4) is 0 Å². The molecule has 0 amide bonds. The molecule has 21 heavy (non-hydrogen) atoms. The van der Waals surface area contributed by atoms with E-state index in [2.05, 4.69) is 6.92 Å². The molecule has 1 aromatic rings. The summed E-state index contributed by atoms with van der Waals surface area (Å²) in [7, 11) is 0. The lowest BCUT2D eigenvalue weighted by Gasteiger charge is -2.31. The monoisotopic (exact) mass is 330 g/mol. The first-order valence-corrected chi connectivity index (χ1v) is 9.00. The molecule has 0 heterocycles. The van der Waals surface area contributed by atoms with Crippen molar-refractivity contribution < 1.29 is 4.39 Å². The van der Waals surface area contributed by atoms with Crippen LogP contribution in [0.5, 0.6) is 0 Å². The molecule has 118 valence electrons. The van der Waals surface area contributed by atoms with Gasteiger partial charge in [0.05, 0.1) is 0 Å². The molecular weight excluding hydrogens is 306 g/mol. The Morgan fingerprint density at radius 1 is 1.24 bits per heavy atom. The largest absolute Gasteiger partial charge is 0.207 e. The Hall–Kier alpha value is -0.270. The second kappa shape index (κ2) is 8.39. The first kappa shape index (κ1) is 17.1. The summed E-state index contributed by atoms with van der Waals surface area (Å²) in [5.41, 5.74) is 0.576. The molecular formula is C18H25Cl2F. The number of hydrogen-bond donors (Lipinski definition) is 0. The predicted molar refractivity (Wildman–Crippen MR) is 89.7 cm³/mol. The van der Waals surface area contributed by atoms with E-state index in [1.165, 1.54) is 51.0 Å². The van der Waals surface area contributed by atoms with E-state index < -0.39 is 0 Å². The summed E-state index contributed by atoms with van der Waals surface area (Å²) >= 11 is 12.7. The maximum Gasteiger partial charge on any atom is 0.127 e.